The molecule has 0 bridgehead atoms. The Morgan fingerprint density at radius 3 is 2.07 bits per heavy atom. The average Bonchev–Trinajstić information content (AvgIpc) is 3.02. The number of nitrogens with one attached hydrogen (secondary N) is 2. The van der Waals surface area contributed by atoms with E-state index in [1.54, 1.807) is 36.4 Å². The monoisotopic (exact) mass is 698 g/mol. The zero-order valence-electron chi connectivity index (χ0n) is 27.2. The molecule has 0 aliphatic heterocycles. The Morgan fingerprint density at radius 2 is 1.47 bits per heavy atom. The highest BCUT2D eigenvalue weighted by molar-refractivity contribution is 9.11. The molecule has 0 aliphatic carbocycles. The van der Waals surface area contributed by atoms with Crippen LogP contribution in [0.3, 0.4) is 0 Å². The molecule has 0 saturated carbocycles. The molecule has 0 heterocycles. The van der Waals surface area contributed by atoms with Gasteiger partial charge < -0.3 is 20.1 Å². The summed E-state index contributed by atoms with van der Waals surface area (Å²) in [7, 11) is 1.52. The Labute approximate surface area is 280 Å². The SMILES string of the molecule is CCC(C)(C)c1ccc(OCCCC(=O)Nc2cccc(NC(=O)C(Cl)(Br)C(=O)c3ccc(OC)cc3)c2)c(C(C)(C)CC)c1. The Morgan fingerprint density at radius 1 is 0.844 bits per heavy atom. The van der Waals surface area contributed by atoms with Crippen molar-refractivity contribution in [2.75, 3.05) is 24.4 Å². The summed E-state index contributed by atoms with van der Waals surface area (Å²) >= 11 is 9.43. The first-order chi connectivity index (χ1) is 21.1. The first kappa shape index (κ1) is 36.1. The maximum atomic E-state index is 12.9. The van der Waals surface area contributed by atoms with Gasteiger partial charge in [0.2, 0.25) is 15.5 Å². The Kier molecular flexibility index (Phi) is 12.3. The number of amides is 2. The quantitative estimate of drug-likeness (QED) is 0.0715. The minimum absolute atomic E-state index is 0.0477. The number of rotatable bonds is 15. The number of methoxy groups -OCH3 is 1. The molecule has 0 spiro atoms. The average molecular weight is 700 g/mol. The second kappa shape index (κ2) is 15.3. The molecule has 1 atom stereocenters. The fourth-order valence-corrected chi connectivity index (χ4v) is 5.03. The standard InChI is InChI=1S/C36H44BrClN2O5/c1-8-34(3,4)25-17-20-30(29(22-25)35(5,6)9-2)45-21-11-14-31(41)39-26-12-10-13-27(23-26)40-33(43)36(37,38)32(42)24-15-18-28(44-7)19-16-24/h10,12-13,15-20,22-23H,8-9,11,14,21H2,1-7H3,(H,39,41)(H,40,43). The van der Waals surface area contributed by atoms with Crippen LogP contribution in [0.25, 0.3) is 0 Å². The smallest absolute Gasteiger partial charge is 0.264 e. The number of ether oxygens (including phenoxy) is 2. The Bertz CT molecular complexity index is 1500. The van der Waals surface area contributed by atoms with Gasteiger partial charge >= 0.3 is 0 Å². The van der Waals surface area contributed by atoms with Gasteiger partial charge in [0.15, 0.2) is 0 Å². The number of benzene rings is 3. The maximum Gasteiger partial charge on any atom is 0.264 e. The molecule has 3 rings (SSSR count). The Hall–Kier alpha value is -3.36. The number of hydrogen-bond acceptors (Lipinski definition) is 5. The molecule has 7 nitrogen and oxygen atoms in total. The van der Waals surface area contributed by atoms with Gasteiger partial charge in [-0.25, -0.2) is 0 Å². The van der Waals surface area contributed by atoms with Crippen LogP contribution in [-0.2, 0) is 20.4 Å². The van der Waals surface area contributed by atoms with E-state index in [0.717, 1.165) is 18.6 Å². The predicted molar refractivity (Wildman–Crippen MR) is 186 cm³/mol. The third-order valence-electron chi connectivity index (χ3n) is 8.39. The van der Waals surface area contributed by atoms with Gasteiger partial charge in [0.05, 0.1) is 13.7 Å². The van der Waals surface area contributed by atoms with Crippen molar-refractivity contribution in [3.05, 3.63) is 83.4 Å². The van der Waals surface area contributed by atoms with E-state index in [1.807, 2.05) is 0 Å². The predicted octanol–water partition coefficient (Wildman–Crippen LogP) is 9.02. The second-order valence-electron chi connectivity index (χ2n) is 12.4. The third-order valence-corrected chi connectivity index (χ3v) is 9.45. The summed E-state index contributed by atoms with van der Waals surface area (Å²) in [5.41, 5.74) is 3.61. The summed E-state index contributed by atoms with van der Waals surface area (Å²) in [6.45, 7) is 13.8. The van der Waals surface area contributed by atoms with Crippen LogP contribution in [-0.4, -0.2) is 35.1 Å². The molecule has 1 unspecified atom stereocenters. The molecule has 2 amide bonds. The van der Waals surface area contributed by atoms with Crippen molar-refractivity contribution in [2.24, 2.45) is 0 Å². The first-order valence-corrected chi connectivity index (χ1v) is 16.4. The number of hydrogen-bond donors (Lipinski definition) is 2. The number of alkyl halides is 2. The summed E-state index contributed by atoms with van der Waals surface area (Å²) in [5.74, 6) is -0.139. The minimum Gasteiger partial charge on any atom is -0.497 e. The van der Waals surface area contributed by atoms with Crippen LogP contribution in [0.4, 0.5) is 11.4 Å². The van der Waals surface area contributed by atoms with Gasteiger partial charge in [0.25, 0.3) is 5.91 Å². The van der Waals surface area contributed by atoms with Gasteiger partial charge in [-0.2, -0.15) is 0 Å². The largest absolute Gasteiger partial charge is 0.497 e. The molecule has 0 radical (unpaired) electrons. The molecule has 242 valence electrons. The lowest BCUT2D eigenvalue weighted by Gasteiger charge is -2.30. The molecular weight excluding hydrogens is 656 g/mol. The number of ketones is 1. The van der Waals surface area contributed by atoms with Gasteiger partial charge in [0.1, 0.15) is 11.5 Å². The Balaban J connectivity index is 1.57. The number of carbonyl (C=O) groups is 3. The third kappa shape index (κ3) is 9.33. The van der Waals surface area contributed by atoms with Gasteiger partial charge in [-0.05, 0) is 100 Å². The lowest BCUT2D eigenvalue weighted by atomic mass is 9.76. The van der Waals surface area contributed by atoms with E-state index in [1.165, 1.54) is 30.4 Å². The lowest BCUT2D eigenvalue weighted by molar-refractivity contribution is -0.116. The van der Waals surface area contributed by atoms with E-state index < -0.39 is 15.5 Å². The highest BCUT2D eigenvalue weighted by Gasteiger charge is 2.42. The van der Waals surface area contributed by atoms with Crippen molar-refractivity contribution in [2.45, 2.75) is 81.8 Å². The van der Waals surface area contributed by atoms with Gasteiger partial charge in [-0.15, -0.1) is 0 Å². The summed E-state index contributed by atoms with van der Waals surface area (Å²) in [6, 6.07) is 19.4. The minimum atomic E-state index is -2.03. The van der Waals surface area contributed by atoms with Crippen LogP contribution >= 0.6 is 27.5 Å². The van der Waals surface area contributed by atoms with E-state index in [2.05, 4.69) is 86.3 Å². The molecule has 45 heavy (non-hydrogen) atoms. The van der Waals surface area contributed by atoms with Crippen LogP contribution in [0.2, 0.25) is 0 Å². The van der Waals surface area contributed by atoms with Crippen molar-refractivity contribution in [3.8, 4) is 11.5 Å². The zero-order chi connectivity index (χ0) is 33.4. The lowest BCUT2D eigenvalue weighted by Crippen LogP contribution is -2.39. The number of carbonyl (C=O) groups excluding carboxylic acids is 3. The molecule has 3 aromatic rings. The molecule has 0 saturated heterocycles. The number of halogens is 2. The molecule has 2 N–H and O–H groups in total. The summed E-state index contributed by atoms with van der Waals surface area (Å²) in [5, 5.41) is 5.50. The summed E-state index contributed by atoms with van der Waals surface area (Å²) in [6.07, 6.45) is 2.80. The first-order valence-electron chi connectivity index (χ1n) is 15.2. The number of Topliss-reactive ketones (excluding diaryl/α,β-unsaturated/α-hetero) is 1. The van der Waals surface area contributed by atoms with E-state index >= 15 is 0 Å². The molecule has 3 aromatic carbocycles. The van der Waals surface area contributed by atoms with E-state index in [9.17, 15) is 14.4 Å². The molecule has 9 heteroatoms. The fourth-order valence-electron chi connectivity index (χ4n) is 4.55. The van der Waals surface area contributed by atoms with Gasteiger partial charge in [-0.3, -0.25) is 14.4 Å². The van der Waals surface area contributed by atoms with Crippen LogP contribution in [0, 0.1) is 0 Å². The number of anilines is 2. The van der Waals surface area contributed by atoms with Crippen molar-refractivity contribution in [3.63, 3.8) is 0 Å². The summed E-state index contributed by atoms with van der Waals surface area (Å²) < 4.78 is 9.29. The normalized spacial score (nSPS) is 13.0. The van der Waals surface area contributed by atoms with Gasteiger partial charge in [0, 0.05) is 28.9 Å². The maximum absolute atomic E-state index is 12.9. The topological polar surface area (TPSA) is 93.7 Å². The van der Waals surface area contributed by atoms with Crippen molar-refractivity contribution in [1.29, 1.82) is 0 Å². The van der Waals surface area contributed by atoms with Crippen molar-refractivity contribution < 1.29 is 23.9 Å². The molecule has 0 aromatic heterocycles. The zero-order valence-corrected chi connectivity index (χ0v) is 29.5. The highest BCUT2D eigenvalue weighted by atomic mass is 79.9. The van der Waals surface area contributed by atoms with Crippen molar-refractivity contribution in [1.82, 2.24) is 0 Å². The van der Waals surface area contributed by atoms with E-state index in [0.29, 0.717) is 30.2 Å². The second-order valence-corrected chi connectivity index (χ2v) is 14.6. The summed E-state index contributed by atoms with van der Waals surface area (Å²) in [4.78, 5) is 38.6. The van der Waals surface area contributed by atoms with Crippen LogP contribution in [0.1, 0.15) is 88.7 Å². The van der Waals surface area contributed by atoms with Crippen LogP contribution in [0.15, 0.2) is 66.7 Å². The highest BCUT2D eigenvalue weighted by Crippen LogP contribution is 2.38. The van der Waals surface area contributed by atoms with Gasteiger partial charge in [-0.1, -0.05) is 71.3 Å². The molecule has 0 fully saturated rings. The van der Waals surface area contributed by atoms with Crippen LogP contribution < -0.4 is 20.1 Å². The van der Waals surface area contributed by atoms with Crippen molar-refractivity contribution >= 4 is 56.5 Å². The van der Waals surface area contributed by atoms with Crippen LogP contribution in [0.5, 0.6) is 11.5 Å². The molecule has 0 aliphatic rings. The molecular formula is C36H44BrClN2O5. The fraction of sp³-hybridized carbons (Fsp3) is 0.417. The van der Waals surface area contributed by atoms with E-state index in [-0.39, 0.29) is 28.7 Å². The van der Waals surface area contributed by atoms with E-state index in [4.69, 9.17) is 21.1 Å².